The van der Waals surface area contributed by atoms with Gasteiger partial charge in [-0.05, 0) is 42.3 Å². The minimum atomic E-state index is -0.165. The summed E-state index contributed by atoms with van der Waals surface area (Å²) in [5, 5.41) is 3.45. The maximum absolute atomic E-state index is 11.8. The highest BCUT2D eigenvalue weighted by Crippen LogP contribution is 2.16. The first-order valence-electron chi connectivity index (χ1n) is 7.11. The zero-order chi connectivity index (χ0) is 15.8. The summed E-state index contributed by atoms with van der Waals surface area (Å²) in [6.45, 7) is 3.01. The van der Waals surface area contributed by atoms with Gasteiger partial charge in [-0.15, -0.1) is 0 Å². The van der Waals surface area contributed by atoms with Crippen molar-refractivity contribution in [1.29, 1.82) is 0 Å². The molecule has 0 bridgehead atoms. The fourth-order valence-corrected chi connectivity index (χ4v) is 2.13. The molecule has 0 spiro atoms. The summed E-state index contributed by atoms with van der Waals surface area (Å²) in [4.78, 5) is 11.8. The minimum absolute atomic E-state index is 0.165. The molecule has 0 radical (unpaired) electrons. The molecule has 0 aliphatic heterocycles. The normalized spacial score (nSPS) is 10.6. The zero-order valence-electron chi connectivity index (χ0n) is 12.4. The number of benzene rings is 2. The topological polar surface area (TPSA) is 38.3 Å². The number of halogens is 1. The number of nitrogens with one attached hydrogen (secondary N) is 1. The Hall–Kier alpha value is -2.26. The monoisotopic (exact) mass is 315 g/mol. The van der Waals surface area contributed by atoms with Crippen LogP contribution in [0.3, 0.4) is 0 Å². The predicted molar refractivity (Wildman–Crippen MR) is 89.9 cm³/mol. The largest absolute Gasteiger partial charge is 0.494 e. The van der Waals surface area contributed by atoms with Crippen LogP contribution in [0.25, 0.3) is 6.08 Å². The lowest BCUT2D eigenvalue weighted by Crippen LogP contribution is -2.20. The molecule has 0 heterocycles. The van der Waals surface area contributed by atoms with Gasteiger partial charge < -0.3 is 10.1 Å². The quantitative estimate of drug-likeness (QED) is 0.816. The summed E-state index contributed by atoms with van der Waals surface area (Å²) in [5.74, 6) is 0.641. The van der Waals surface area contributed by atoms with Crippen LogP contribution in [0.1, 0.15) is 18.1 Å². The standard InChI is InChI=1S/C18H18ClNO2/c1-2-22-16-8-5-6-14(12-16)13-20-18(21)11-10-15-7-3-4-9-17(15)19/h3-12H,2,13H2,1H3,(H,20,21)/b11-10+. The molecular weight excluding hydrogens is 298 g/mol. The van der Waals surface area contributed by atoms with Crippen LogP contribution < -0.4 is 10.1 Å². The molecule has 0 aliphatic carbocycles. The van der Waals surface area contributed by atoms with Crippen LogP contribution in [-0.2, 0) is 11.3 Å². The lowest BCUT2D eigenvalue weighted by atomic mass is 10.2. The molecule has 1 amide bonds. The molecule has 3 nitrogen and oxygen atoms in total. The van der Waals surface area contributed by atoms with Crippen LogP contribution in [0.2, 0.25) is 5.02 Å². The van der Waals surface area contributed by atoms with Gasteiger partial charge in [0.05, 0.1) is 6.61 Å². The van der Waals surface area contributed by atoms with Crippen LogP contribution in [-0.4, -0.2) is 12.5 Å². The maximum atomic E-state index is 11.8. The highest BCUT2D eigenvalue weighted by atomic mass is 35.5. The predicted octanol–water partition coefficient (Wildman–Crippen LogP) is 4.07. The molecule has 2 rings (SSSR count). The first-order chi connectivity index (χ1) is 10.7. The Morgan fingerprint density at radius 1 is 1.23 bits per heavy atom. The van der Waals surface area contributed by atoms with Crippen LogP contribution in [0.15, 0.2) is 54.6 Å². The second-order valence-electron chi connectivity index (χ2n) is 4.65. The minimum Gasteiger partial charge on any atom is -0.494 e. The van der Waals surface area contributed by atoms with E-state index in [1.54, 1.807) is 12.1 Å². The van der Waals surface area contributed by atoms with Crippen molar-refractivity contribution >= 4 is 23.6 Å². The van der Waals surface area contributed by atoms with Gasteiger partial charge in [0.2, 0.25) is 5.91 Å². The molecule has 0 saturated heterocycles. The summed E-state index contributed by atoms with van der Waals surface area (Å²) in [6, 6.07) is 15.0. The van der Waals surface area contributed by atoms with Crippen molar-refractivity contribution in [2.45, 2.75) is 13.5 Å². The van der Waals surface area contributed by atoms with E-state index >= 15 is 0 Å². The van der Waals surface area contributed by atoms with Crippen LogP contribution in [0, 0.1) is 0 Å². The lowest BCUT2D eigenvalue weighted by molar-refractivity contribution is -0.116. The highest BCUT2D eigenvalue weighted by molar-refractivity contribution is 6.32. The summed E-state index contributed by atoms with van der Waals surface area (Å²) >= 11 is 6.03. The van der Waals surface area contributed by atoms with Gasteiger partial charge >= 0.3 is 0 Å². The molecule has 4 heteroatoms. The molecular formula is C18H18ClNO2. The van der Waals surface area contributed by atoms with Gasteiger partial charge in [-0.3, -0.25) is 4.79 Å². The van der Waals surface area contributed by atoms with E-state index in [4.69, 9.17) is 16.3 Å². The first kappa shape index (κ1) is 16.1. The van der Waals surface area contributed by atoms with Crippen molar-refractivity contribution in [2.75, 3.05) is 6.61 Å². The summed E-state index contributed by atoms with van der Waals surface area (Å²) in [6.07, 6.45) is 3.18. The fraction of sp³-hybridized carbons (Fsp3) is 0.167. The van der Waals surface area contributed by atoms with Crippen LogP contribution in [0.4, 0.5) is 0 Å². The van der Waals surface area contributed by atoms with E-state index in [1.807, 2.05) is 49.4 Å². The second-order valence-corrected chi connectivity index (χ2v) is 5.06. The molecule has 0 aliphatic rings. The fourth-order valence-electron chi connectivity index (χ4n) is 1.94. The number of carbonyl (C=O) groups is 1. The Balaban J connectivity index is 1.90. The number of ether oxygens (including phenoxy) is 1. The van der Waals surface area contributed by atoms with Crippen molar-refractivity contribution in [3.05, 3.63) is 70.8 Å². The van der Waals surface area contributed by atoms with Gasteiger partial charge in [0.1, 0.15) is 5.75 Å². The Morgan fingerprint density at radius 2 is 2.05 bits per heavy atom. The number of amides is 1. The van der Waals surface area contributed by atoms with Crippen LogP contribution in [0.5, 0.6) is 5.75 Å². The maximum Gasteiger partial charge on any atom is 0.244 e. The molecule has 114 valence electrons. The second kappa shape index (κ2) is 8.25. The third kappa shape index (κ3) is 4.93. The Bertz CT molecular complexity index is 668. The Kier molecular flexibility index (Phi) is 6.04. The van der Waals surface area contributed by atoms with Gasteiger partial charge in [0.15, 0.2) is 0 Å². The van der Waals surface area contributed by atoms with Crippen molar-refractivity contribution in [2.24, 2.45) is 0 Å². The van der Waals surface area contributed by atoms with Crippen LogP contribution >= 0.6 is 11.6 Å². The number of carbonyl (C=O) groups excluding carboxylic acids is 1. The summed E-state index contributed by atoms with van der Waals surface area (Å²) < 4.78 is 5.43. The van der Waals surface area contributed by atoms with E-state index in [1.165, 1.54) is 6.08 Å². The van der Waals surface area contributed by atoms with Gasteiger partial charge in [0, 0.05) is 17.6 Å². The molecule has 2 aromatic carbocycles. The summed E-state index contributed by atoms with van der Waals surface area (Å²) in [5.41, 5.74) is 1.81. The first-order valence-corrected chi connectivity index (χ1v) is 7.49. The average molecular weight is 316 g/mol. The zero-order valence-corrected chi connectivity index (χ0v) is 13.1. The van der Waals surface area contributed by atoms with Crippen molar-refractivity contribution in [3.63, 3.8) is 0 Å². The number of hydrogen-bond donors (Lipinski definition) is 1. The third-order valence-electron chi connectivity index (χ3n) is 3.00. The van der Waals surface area contributed by atoms with E-state index in [2.05, 4.69) is 5.32 Å². The molecule has 0 unspecified atom stereocenters. The van der Waals surface area contributed by atoms with Gasteiger partial charge in [-0.1, -0.05) is 41.9 Å². The average Bonchev–Trinajstić information content (AvgIpc) is 2.53. The lowest BCUT2D eigenvalue weighted by Gasteiger charge is -2.06. The van der Waals surface area contributed by atoms with E-state index in [9.17, 15) is 4.79 Å². The van der Waals surface area contributed by atoms with E-state index in [0.29, 0.717) is 18.2 Å². The van der Waals surface area contributed by atoms with E-state index in [-0.39, 0.29) is 5.91 Å². The molecule has 0 saturated carbocycles. The van der Waals surface area contributed by atoms with Crippen molar-refractivity contribution in [1.82, 2.24) is 5.32 Å². The third-order valence-corrected chi connectivity index (χ3v) is 3.34. The molecule has 0 aromatic heterocycles. The van der Waals surface area contributed by atoms with Gasteiger partial charge in [0.25, 0.3) is 0 Å². The van der Waals surface area contributed by atoms with E-state index < -0.39 is 0 Å². The molecule has 0 fully saturated rings. The molecule has 0 atom stereocenters. The van der Waals surface area contributed by atoms with Crippen molar-refractivity contribution < 1.29 is 9.53 Å². The summed E-state index contributed by atoms with van der Waals surface area (Å²) in [7, 11) is 0. The van der Waals surface area contributed by atoms with Gasteiger partial charge in [-0.2, -0.15) is 0 Å². The number of rotatable bonds is 6. The van der Waals surface area contributed by atoms with Gasteiger partial charge in [-0.25, -0.2) is 0 Å². The molecule has 22 heavy (non-hydrogen) atoms. The van der Waals surface area contributed by atoms with E-state index in [0.717, 1.165) is 16.9 Å². The molecule has 1 N–H and O–H groups in total. The Labute approximate surface area is 135 Å². The molecule has 2 aromatic rings. The highest BCUT2D eigenvalue weighted by Gasteiger charge is 2.00. The SMILES string of the molecule is CCOc1cccc(CNC(=O)/C=C/c2ccccc2Cl)c1. The number of hydrogen-bond acceptors (Lipinski definition) is 2. The van der Waals surface area contributed by atoms with Crippen molar-refractivity contribution in [3.8, 4) is 5.75 Å². The Morgan fingerprint density at radius 3 is 2.82 bits per heavy atom. The smallest absolute Gasteiger partial charge is 0.244 e.